The molecule has 0 aromatic heterocycles. The molecule has 1 rings (SSSR count). The van der Waals surface area contributed by atoms with Gasteiger partial charge in [0.15, 0.2) is 0 Å². The number of hydrogen-bond donors (Lipinski definition) is 3. The zero-order valence-electron chi connectivity index (χ0n) is 15.6. The summed E-state index contributed by atoms with van der Waals surface area (Å²) in [6.07, 6.45) is -5.08. The fraction of sp³-hybridized carbons (Fsp3) is 0.400. The summed E-state index contributed by atoms with van der Waals surface area (Å²) in [5, 5.41) is 16.1. The second-order valence-electron chi connectivity index (χ2n) is 5.20. The highest BCUT2D eigenvalue weighted by Crippen LogP contribution is 2.21. The number of carbonyl (C=O) groups is 3. The maximum atomic E-state index is 12.6. The third-order valence-electron chi connectivity index (χ3n) is 3.24. The van der Waals surface area contributed by atoms with Crippen LogP contribution in [0.15, 0.2) is 29.2 Å². The summed E-state index contributed by atoms with van der Waals surface area (Å²) in [6, 6.07) is 3.85. The van der Waals surface area contributed by atoms with E-state index >= 15 is 0 Å². The molecule has 15 heteroatoms. The smallest absolute Gasteiger partial charge is 0.490 e. The first-order valence-corrected chi connectivity index (χ1v) is 9.12. The zero-order chi connectivity index (χ0) is 23.7. The Hall–Kier alpha value is -2.91. The van der Waals surface area contributed by atoms with E-state index in [1.807, 2.05) is 0 Å². The van der Waals surface area contributed by atoms with Gasteiger partial charge in [0.05, 0.1) is 19.1 Å². The molecule has 4 N–H and O–H groups in total. The van der Waals surface area contributed by atoms with Crippen LogP contribution >= 0.6 is 0 Å². The highest BCUT2D eigenvalue weighted by Gasteiger charge is 2.38. The van der Waals surface area contributed by atoms with Crippen molar-refractivity contribution in [2.45, 2.75) is 17.1 Å². The second kappa shape index (κ2) is 11.3. The number of benzene rings is 1. The Morgan fingerprint density at radius 1 is 1.13 bits per heavy atom. The first kappa shape index (κ1) is 27.1. The monoisotopic (exact) mass is 460 g/mol. The molecule has 0 heterocycles. The van der Waals surface area contributed by atoms with E-state index in [1.165, 1.54) is 31.4 Å². The van der Waals surface area contributed by atoms with Crippen LogP contribution in [-0.4, -0.2) is 80.4 Å². The van der Waals surface area contributed by atoms with Gasteiger partial charge in [-0.1, -0.05) is 0 Å². The SMILES string of the molecule is COC(=O)C(CN)N(CC(=O)O)S(=O)(=O)c1ccc(OC)cc1.O=C(O)C(F)(F)F. The van der Waals surface area contributed by atoms with Crippen molar-refractivity contribution in [3.8, 4) is 5.75 Å². The first-order valence-electron chi connectivity index (χ1n) is 7.68. The van der Waals surface area contributed by atoms with Crippen molar-refractivity contribution in [3.05, 3.63) is 24.3 Å². The van der Waals surface area contributed by atoms with E-state index in [9.17, 15) is 31.2 Å². The number of nitrogens with zero attached hydrogens (tertiary/aromatic N) is 1. The number of sulfonamides is 1. The van der Waals surface area contributed by atoms with Gasteiger partial charge in [0, 0.05) is 6.54 Å². The third kappa shape index (κ3) is 7.84. The number of carbonyl (C=O) groups excluding carboxylic acids is 1. The maximum absolute atomic E-state index is 12.6. The van der Waals surface area contributed by atoms with Crippen LogP contribution in [0, 0.1) is 0 Å². The van der Waals surface area contributed by atoms with Crippen molar-refractivity contribution < 1.29 is 55.7 Å². The molecule has 1 atom stereocenters. The maximum Gasteiger partial charge on any atom is 0.490 e. The number of carboxylic acids is 2. The Labute approximate surface area is 168 Å². The number of ether oxygens (including phenoxy) is 2. The van der Waals surface area contributed by atoms with Gasteiger partial charge in [-0.3, -0.25) is 9.59 Å². The number of nitrogens with two attached hydrogens (primary N) is 1. The largest absolute Gasteiger partial charge is 0.497 e. The van der Waals surface area contributed by atoms with Crippen molar-refractivity contribution in [1.29, 1.82) is 0 Å². The summed E-state index contributed by atoms with van der Waals surface area (Å²) < 4.78 is 67.0. The van der Waals surface area contributed by atoms with Gasteiger partial charge in [0.25, 0.3) is 0 Å². The van der Waals surface area contributed by atoms with Crippen LogP contribution in [0.3, 0.4) is 0 Å². The Balaban J connectivity index is 0.00000103. The summed E-state index contributed by atoms with van der Waals surface area (Å²) in [7, 11) is -1.79. The van der Waals surface area contributed by atoms with Crippen molar-refractivity contribution in [2.24, 2.45) is 5.73 Å². The van der Waals surface area contributed by atoms with Crippen LogP contribution in [-0.2, 0) is 29.1 Å². The molecule has 1 aromatic carbocycles. The molecule has 0 aliphatic carbocycles. The molecule has 0 aliphatic rings. The molecular weight excluding hydrogens is 441 g/mol. The molecule has 30 heavy (non-hydrogen) atoms. The number of methoxy groups -OCH3 is 2. The lowest BCUT2D eigenvalue weighted by molar-refractivity contribution is -0.192. The predicted molar refractivity (Wildman–Crippen MR) is 93.1 cm³/mol. The molecule has 0 saturated carbocycles. The van der Waals surface area contributed by atoms with E-state index in [1.54, 1.807) is 0 Å². The molecule has 0 fully saturated rings. The fourth-order valence-electron chi connectivity index (χ4n) is 1.85. The Kier molecular flexibility index (Phi) is 10.2. The molecule has 0 bridgehead atoms. The highest BCUT2D eigenvalue weighted by molar-refractivity contribution is 7.89. The third-order valence-corrected chi connectivity index (χ3v) is 5.11. The van der Waals surface area contributed by atoms with Gasteiger partial charge in [-0.25, -0.2) is 13.2 Å². The van der Waals surface area contributed by atoms with E-state index < -0.39 is 53.2 Å². The summed E-state index contributed by atoms with van der Waals surface area (Å²) in [5.74, 6) is -4.69. The molecule has 11 nitrogen and oxygen atoms in total. The predicted octanol–water partition coefficient (Wildman–Crippen LogP) is -0.0959. The average molecular weight is 460 g/mol. The van der Waals surface area contributed by atoms with Crippen molar-refractivity contribution in [3.63, 3.8) is 0 Å². The van der Waals surface area contributed by atoms with Crippen LogP contribution in [0.1, 0.15) is 0 Å². The molecule has 170 valence electrons. The van der Waals surface area contributed by atoms with Gasteiger partial charge in [-0.2, -0.15) is 17.5 Å². The highest BCUT2D eigenvalue weighted by atomic mass is 32.2. The molecule has 0 saturated heterocycles. The summed E-state index contributed by atoms with van der Waals surface area (Å²) in [6.45, 7) is -1.35. The molecule has 0 aliphatic heterocycles. The normalized spacial score (nSPS) is 12.4. The summed E-state index contributed by atoms with van der Waals surface area (Å²) >= 11 is 0. The second-order valence-corrected chi connectivity index (χ2v) is 7.09. The average Bonchev–Trinajstić information content (AvgIpc) is 2.67. The van der Waals surface area contributed by atoms with Gasteiger partial charge in [0.1, 0.15) is 18.3 Å². The van der Waals surface area contributed by atoms with Crippen molar-refractivity contribution >= 4 is 27.9 Å². The van der Waals surface area contributed by atoms with Gasteiger partial charge in [0.2, 0.25) is 10.0 Å². The minimum atomic E-state index is -5.08. The molecular formula is C15H19F3N2O9S. The van der Waals surface area contributed by atoms with E-state index in [0.717, 1.165) is 7.11 Å². The molecule has 0 spiro atoms. The van der Waals surface area contributed by atoms with Crippen molar-refractivity contribution in [2.75, 3.05) is 27.3 Å². The summed E-state index contributed by atoms with van der Waals surface area (Å²) in [5.41, 5.74) is 5.43. The Morgan fingerprint density at radius 3 is 1.90 bits per heavy atom. The number of halogens is 3. The molecule has 0 radical (unpaired) electrons. The number of esters is 1. The van der Waals surface area contributed by atoms with Crippen LogP contribution in [0.5, 0.6) is 5.75 Å². The molecule has 1 aromatic rings. The number of hydrogen-bond acceptors (Lipinski definition) is 8. The fourth-order valence-corrected chi connectivity index (χ4v) is 3.38. The van der Waals surface area contributed by atoms with Gasteiger partial charge in [-0.15, -0.1) is 0 Å². The minimum absolute atomic E-state index is 0.193. The van der Waals surface area contributed by atoms with Gasteiger partial charge >= 0.3 is 24.1 Å². The Bertz CT molecular complexity index is 842. The lowest BCUT2D eigenvalue weighted by atomic mass is 10.3. The quantitative estimate of drug-likeness (QED) is 0.445. The standard InChI is InChI=1S/C13H18N2O7S.C2HF3O2/c1-21-9-3-5-10(6-4-9)23(19,20)15(8-12(16)17)11(7-14)13(18)22-2;3-2(4,5)1(6)7/h3-6,11H,7-8,14H2,1-2H3,(H,16,17);(H,6,7). The molecule has 1 unspecified atom stereocenters. The first-order chi connectivity index (χ1) is 13.7. The topological polar surface area (TPSA) is 174 Å². The number of rotatable bonds is 8. The van der Waals surface area contributed by atoms with Crippen LogP contribution in [0.4, 0.5) is 13.2 Å². The van der Waals surface area contributed by atoms with Crippen molar-refractivity contribution in [1.82, 2.24) is 4.31 Å². The summed E-state index contributed by atoms with van der Waals surface area (Å²) in [4.78, 5) is 31.4. The Morgan fingerprint density at radius 2 is 1.60 bits per heavy atom. The van der Waals surface area contributed by atoms with Crippen LogP contribution in [0.2, 0.25) is 0 Å². The minimum Gasteiger partial charge on any atom is -0.497 e. The van der Waals surface area contributed by atoms with E-state index in [-0.39, 0.29) is 4.90 Å². The van der Waals surface area contributed by atoms with E-state index in [0.29, 0.717) is 10.1 Å². The lowest BCUT2D eigenvalue weighted by Crippen LogP contribution is -2.51. The van der Waals surface area contributed by atoms with E-state index in [4.69, 9.17) is 25.5 Å². The number of alkyl halides is 3. The zero-order valence-corrected chi connectivity index (χ0v) is 16.4. The van der Waals surface area contributed by atoms with Gasteiger partial charge < -0.3 is 25.4 Å². The van der Waals surface area contributed by atoms with Crippen LogP contribution in [0.25, 0.3) is 0 Å². The van der Waals surface area contributed by atoms with Gasteiger partial charge in [-0.05, 0) is 24.3 Å². The lowest BCUT2D eigenvalue weighted by Gasteiger charge is -2.26. The molecule has 0 amide bonds. The number of carboxylic acid groups (broad SMARTS) is 2. The van der Waals surface area contributed by atoms with Crippen LogP contribution < -0.4 is 10.5 Å². The van der Waals surface area contributed by atoms with E-state index in [2.05, 4.69) is 4.74 Å². The number of aliphatic carboxylic acids is 2.